The lowest BCUT2D eigenvalue weighted by atomic mass is 9.77. The fourth-order valence-electron chi connectivity index (χ4n) is 6.83. The number of hydrogen-bond donors (Lipinski definition) is 3. The van der Waals surface area contributed by atoms with E-state index in [4.69, 9.17) is 28.8 Å². The molecule has 1 aromatic carbocycles. The Morgan fingerprint density at radius 1 is 0.637 bits per heavy atom. The highest BCUT2D eigenvalue weighted by molar-refractivity contribution is 5.87. The van der Waals surface area contributed by atoms with E-state index in [0.29, 0.717) is 30.1 Å². The number of ether oxygens (including phenoxy) is 5. The number of carboxylic acid groups (broad SMARTS) is 2. The minimum atomic E-state index is -2.12. The van der Waals surface area contributed by atoms with Gasteiger partial charge in [0.05, 0.1) is 50.1 Å². The van der Waals surface area contributed by atoms with Crippen LogP contribution in [0.4, 0.5) is 0 Å². The summed E-state index contributed by atoms with van der Waals surface area (Å²) in [5, 5.41) is 38.6. The predicted molar refractivity (Wildman–Crippen MR) is 385 cm³/mol. The Balaban J connectivity index is -0.0000000191. The molecule has 526 valence electrons. The zero-order valence-electron chi connectivity index (χ0n) is 26.5. The molecule has 0 aromatic heterocycles. The second-order valence-corrected chi connectivity index (χ2v) is 12.7. The van der Waals surface area contributed by atoms with Gasteiger partial charge in [0.2, 0.25) is 6.79 Å². The summed E-state index contributed by atoms with van der Waals surface area (Å²) in [7, 11) is 2.76. The van der Waals surface area contributed by atoms with E-state index < -0.39 is 59.6 Å². The van der Waals surface area contributed by atoms with Crippen LogP contribution in [0.2, 0.25) is 0 Å². The van der Waals surface area contributed by atoms with E-state index in [9.17, 15) is 34.5 Å². The van der Waals surface area contributed by atoms with E-state index in [1.807, 2.05) is 12.1 Å². The van der Waals surface area contributed by atoms with Crippen molar-refractivity contribution in [1.29, 1.82) is 0 Å². The molecule has 0 bridgehead atoms. The zero-order chi connectivity index (χ0) is 33.9. The van der Waals surface area contributed by atoms with Crippen molar-refractivity contribution < 1.29 is 63.3 Å². The molecule has 1 aliphatic carbocycles. The number of benzene rings is 1. The van der Waals surface area contributed by atoms with Gasteiger partial charge in [0, 0.05) is 6.54 Å². The van der Waals surface area contributed by atoms with Crippen molar-refractivity contribution in [3.63, 3.8) is 0 Å². The quantitative estimate of drug-likeness (QED) is 0.139. The molecule has 0 saturated carbocycles. The Hall–Kier alpha value is -3.88. The summed E-state index contributed by atoms with van der Waals surface area (Å²) in [4.78, 5) is 47.1. The fraction of sp³-hybridized carbons (Fsp3) is 0.818. The van der Waals surface area contributed by atoms with Gasteiger partial charge < -0.3 is 48.9 Å². The maximum atomic E-state index is 13.8. The summed E-state index contributed by atoms with van der Waals surface area (Å²) in [6, 6.07) is 4.00. The average Bonchev–Trinajstić information content (AvgIpc) is 3.65. The number of nitrogens with zero attached hydrogens (tertiary/aromatic N) is 1. The van der Waals surface area contributed by atoms with Gasteiger partial charge >= 0.3 is 17.9 Å². The smallest absolute Gasteiger partial charge is 0.339 e. The molecule has 0 radical (unpaired) electrons. The summed E-state index contributed by atoms with van der Waals surface area (Å²) in [6.45, 7) is 5.21. The SMILES string of the molecule is C.C.C.C.C.C.C.C.C.C.C.C.C.C.C.C.C.C.C.C.C.C.C.C.C.C.C.C.C.C.C.C.C.C.COC(=O)C[C@@](O)(CCCC(C)(C)O)C(=O)O[C@@H]1C(OC)=C[C@]23CCCN2CCc2cc4c(cc2[C@H]13)OCO4.O=C([O-])CC(=O)O. The highest BCUT2D eigenvalue weighted by Gasteiger charge is 2.59. The number of fused-ring (bicyclic) bond motifs is 3. The molecule has 1 saturated heterocycles. The Labute approximate surface area is 517 Å². The van der Waals surface area contributed by atoms with E-state index in [0.717, 1.165) is 43.5 Å². The molecule has 14 heteroatoms. The van der Waals surface area contributed by atoms with Crippen LogP contribution in [-0.4, -0.2) is 101 Å². The highest BCUT2D eigenvalue weighted by atomic mass is 16.7. The monoisotopic (exact) mass is 1190 g/mol. The maximum Gasteiger partial charge on any atom is 0.339 e. The average molecular weight is 1190 g/mol. The molecule has 1 fully saturated rings. The molecule has 3 N–H and O–H groups in total. The van der Waals surface area contributed by atoms with E-state index in [1.54, 1.807) is 21.0 Å². The second kappa shape index (κ2) is 86.4. The number of rotatable bonds is 11. The lowest BCUT2D eigenvalue weighted by molar-refractivity contribution is -0.305. The molecule has 80 heavy (non-hydrogen) atoms. The van der Waals surface area contributed by atoms with Crippen LogP contribution in [0.15, 0.2) is 24.0 Å². The molecular weight excluding hydrogens is 1010 g/mol. The van der Waals surface area contributed by atoms with Gasteiger partial charge in [-0.3, -0.25) is 14.5 Å². The number of hydrogen-bond acceptors (Lipinski definition) is 13. The van der Waals surface area contributed by atoms with Crippen molar-refractivity contribution in [3.8, 4) is 11.5 Å². The molecule has 0 amide bonds. The first kappa shape index (κ1) is 211. The Kier molecular flexibility index (Phi) is 228. The van der Waals surface area contributed by atoms with E-state index in [-0.39, 0.29) is 272 Å². The minimum Gasteiger partial charge on any atom is -0.550 e. The lowest BCUT2D eigenvalue weighted by Gasteiger charge is -2.39. The van der Waals surface area contributed by atoms with Crippen molar-refractivity contribution in [1.82, 2.24) is 4.90 Å². The Morgan fingerprint density at radius 2 is 1.04 bits per heavy atom. The van der Waals surface area contributed by atoms with Crippen LogP contribution < -0.4 is 14.6 Å². The van der Waals surface area contributed by atoms with Gasteiger partial charge in [0.1, 0.15) is 5.76 Å². The molecule has 0 unspecified atom stereocenters. The Morgan fingerprint density at radius 3 is 1.38 bits per heavy atom. The van der Waals surface area contributed by atoms with Gasteiger partial charge in [0.25, 0.3) is 0 Å². The molecule has 1 spiro atoms. The van der Waals surface area contributed by atoms with E-state index >= 15 is 0 Å². The standard InChI is InChI=1S/C29H39NO9.C3H4O4.34CH4/c1-27(2,33)8-5-10-29(34,16-23(31)36-4)26(32)39-25-22(35-3)15-28-9-6-11-30(28)12-7-18-13-20-21(38-17-37-20)14-19(18)24(25)28;4-2(5)1-3(6)7;;;;;;;;;;;;;;;;;;;;;;;;;;;;;;;;;;/h13-15,24-25,33-34H,5-12,16-17H2,1-4H3;1H2,(H,4,5)(H,6,7);34*1H4/p-1/t24-,25-,28+,29+;;;;;;;;;;;;;;;;;;;;;;;;;;;;;;;;;;;/m1.................................../s1. The fourth-order valence-corrected chi connectivity index (χ4v) is 6.83. The minimum absolute atomic E-state index is 0. The third-order valence-corrected chi connectivity index (χ3v) is 8.92. The number of carbonyl (C=O) groups excluding carboxylic acids is 3. The van der Waals surface area contributed by atoms with Gasteiger partial charge in [0.15, 0.2) is 23.2 Å². The summed E-state index contributed by atoms with van der Waals surface area (Å²) in [6.07, 6.45) is 3.02. The van der Waals surface area contributed by atoms with Crippen LogP contribution >= 0.6 is 0 Å². The Bertz CT molecular complexity index is 1370. The number of esters is 2. The molecule has 4 atom stereocenters. The van der Waals surface area contributed by atoms with Gasteiger partial charge in [-0.25, -0.2) is 4.79 Å². The molecule has 14 nitrogen and oxygen atoms in total. The van der Waals surface area contributed by atoms with Crippen molar-refractivity contribution in [2.75, 3.05) is 34.1 Å². The van der Waals surface area contributed by atoms with Crippen LogP contribution in [0, 0.1) is 0 Å². The van der Waals surface area contributed by atoms with E-state index in [2.05, 4.69) is 11.0 Å². The number of aliphatic carboxylic acids is 2. The molecule has 3 aliphatic heterocycles. The van der Waals surface area contributed by atoms with Gasteiger partial charge in [-0.1, -0.05) is 253 Å². The van der Waals surface area contributed by atoms with Crippen LogP contribution in [0.25, 0.3) is 0 Å². The van der Waals surface area contributed by atoms with Crippen LogP contribution in [-0.2, 0) is 39.8 Å². The van der Waals surface area contributed by atoms with Crippen molar-refractivity contribution >= 4 is 23.9 Å². The maximum absolute atomic E-state index is 13.8. The second-order valence-electron chi connectivity index (χ2n) is 12.7. The van der Waals surface area contributed by atoms with Crippen LogP contribution in [0.3, 0.4) is 0 Å². The third kappa shape index (κ3) is 48.8. The first-order chi connectivity index (χ1) is 21.6. The molecule has 3 heterocycles. The van der Waals surface area contributed by atoms with Crippen LogP contribution in [0.5, 0.6) is 11.5 Å². The lowest BCUT2D eigenvalue weighted by Crippen LogP contribution is -2.49. The normalized spacial score (nSPS) is 13.8. The number of aliphatic hydroxyl groups is 2. The number of carboxylic acids is 2. The largest absolute Gasteiger partial charge is 0.550 e. The summed E-state index contributed by atoms with van der Waals surface area (Å²) >= 11 is 0. The third-order valence-electron chi connectivity index (χ3n) is 8.92. The molecule has 1 aromatic rings. The zero-order valence-corrected chi connectivity index (χ0v) is 26.5. The van der Waals surface area contributed by atoms with E-state index in [1.165, 1.54) is 7.11 Å². The highest BCUT2D eigenvalue weighted by Crippen LogP contribution is 2.55. The molecular formula is C66H178NO13-. The molecule has 4 aliphatic rings. The number of methoxy groups -OCH3 is 2. The van der Waals surface area contributed by atoms with Gasteiger partial charge in [-0.15, -0.1) is 0 Å². The van der Waals surface area contributed by atoms with Crippen molar-refractivity contribution in [2.45, 2.75) is 346 Å². The predicted octanol–water partition coefficient (Wildman–Crippen LogP) is 22.4. The molecule has 5 rings (SSSR count). The first-order valence-corrected chi connectivity index (χ1v) is 15.2. The topological polar surface area (TPSA) is 201 Å². The van der Waals surface area contributed by atoms with Gasteiger partial charge in [-0.2, -0.15) is 0 Å². The summed E-state index contributed by atoms with van der Waals surface area (Å²) in [5.74, 6) is -3.00. The van der Waals surface area contributed by atoms with Crippen LogP contribution in [0.1, 0.15) is 328 Å². The first-order valence-electron chi connectivity index (χ1n) is 15.2. The van der Waals surface area contributed by atoms with Crippen molar-refractivity contribution in [2.24, 2.45) is 0 Å². The van der Waals surface area contributed by atoms with Crippen molar-refractivity contribution in [3.05, 3.63) is 35.1 Å². The summed E-state index contributed by atoms with van der Waals surface area (Å²) in [5.41, 5.74) is -1.42. The number of carbonyl (C=O) groups is 4. The van der Waals surface area contributed by atoms with Gasteiger partial charge in [-0.05, 0) is 88.3 Å². The summed E-state index contributed by atoms with van der Waals surface area (Å²) < 4.78 is 28.1.